The number of carbonyl (C=O) groups is 1. The first-order valence-corrected chi connectivity index (χ1v) is 9.43. The van der Waals surface area contributed by atoms with Crippen molar-refractivity contribution in [1.29, 1.82) is 0 Å². The molecule has 0 unspecified atom stereocenters. The van der Waals surface area contributed by atoms with Crippen LogP contribution in [0.1, 0.15) is 22.8 Å². The van der Waals surface area contributed by atoms with Gasteiger partial charge in [-0.15, -0.1) is 0 Å². The monoisotopic (exact) mass is 399 g/mol. The molecule has 146 valence electrons. The third-order valence-electron chi connectivity index (χ3n) is 3.70. The van der Waals surface area contributed by atoms with Gasteiger partial charge < -0.3 is 9.47 Å². The van der Waals surface area contributed by atoms with E-state index < -0.39 is 16.6 Å². The zero-order valence-corrected chi connectivity index (χ0v) is 15.6. The van der Waals surface area contributed by atoms with Crippen molar-refractivity contribution in [2.75, 3.05) is 13.7 Å². The van der Waals surface area contributed by atoms with Gasteiger partial charge in [0, 0.05) is 12.1 Å². The highest BCUT2D eigenvalue weighted by Crippen LogP contribution is 2.29. The summed E-state index contributed by atoms with van der Waals surface area (Å²) < 4.78 is 61.2. The highest BCUT2D eigenvalue weighted by atomic mass is 32.2. The molecule has 2 aromatic rings. The van der Waals surface area contributed by atoms with E-state index >= 15 is 0 Å². The predicted molar refractivity (Wildman–Crippen MR) is 95.0 cm³/mol. The maximum absolute atomic E-state index is 12.3. The lowest BCUT2D eigenvalue weighted by molar-refractivity contribution is -0.0512. The second kappa shape index (κ2) is 8.92. The normalized spacial score (nSPS) is 11.4. The van der Waals surface area contributed by atoms with Crippen molar-refractivity contribution in [2.45, 2.75) is 24.9 Å². The molecule has 0 saturated heterocycles. The highest BCUT2D eigenvalue weighted by molar-refractivity contribution is 7.89. The van der Waals surface area contributed by atoms with E-state index in [0.717, 1.165) is 0 Å². The average Bonchev–Trinajstić information content (AvgIpc) is 2.62. The van der Waals surface area contributed by atoms with Crippen LogP contribution in [0.3, 0.4) is 0 Å². The van der Waals surface area contributed by atoms with Gasteiger partial charge in [-0.3, -0.25) is 4.79 Å². The van der Waals surface area contributed by atoms with Gasteiger partial charge in [-0.1, -0.05) is 18.2 Å². The molecular formula is C18H19F2NO5S. The molecule has 27 heavy (non-hydrogen) atoms. The molecule has 9 heteroatoms. The van der Waals surface area contributed by atoms with Crippen LogP contribution < -0.4 is 14.2 Å². The minimum absolute atomic E-state index is 0.00605. The van der Waals surface area contributed by atoms with E-state index in [9.17, 15) is 22.0 Å². The molecule has 0 heterocycles. The number of carbonyl (C=O) groups excluding carboxylic acids is 1. The fourth-order valence-electron chi connectivity index (χ4n) is 2.36. The minimum atomic E-state index is -3.78. The van der Waals surface area contributed by atoms with Crippen LogP contribution in [0.4, 0.5) is 8.78 Å². The number of ketones is 1. The van der Waals surface area contributed by atoms with Crippen molar-refractivity contribution in [3.63, 3.8) is 0 Å². The minimum Gasteiger partial charge on any atom is -0.493 e. The lowest BCUT2D eigenvalue weighted by atomic mass is 10.1. The highest BCUT2D eigenvalue weighted by Gasteiger charge is 2.15. The van der Waals surface area contributed by atoms with Crippen LogP contribution in [-0.4, -0.2) is 34.5 Å². The third kappa shape index (κ3) is 5.73. The zero-order valence-electron chi connectivity index (χ0n) is 14.7. The summed E-state index contributed by atoms with van der Waals surface area (Å²) in [5.74, 6) is -0.201. The van der Waals surface area contributed by atoms with Gasteiger partial charge in [0.2, 0.25) is 10.0 Å². The van der Waals surface area contributed by atoms with Gasteiger partial charge in [-0.25, -0.2) is 13.1 Å². The average molecular weight is 399 g/mol. The molecule has 2 aromatic carbocycles. The fourth-order valence-corrected chi connectivity index (χ4v) is 3.43. The maximum Gasteiger partial charge on any atom is 0.387 e. The summed E-state index contributed by atoms with van der Waals surface area (Å²) >= 11 is 0. The predicted octanol–water partition coefficient (Wildman–Crippen LogP) is 3.02. The van der Waals surface area contributed by atoms with Crippen molar-refractivity contribution >= 4 is 15.8 Å². The number of nitrogens with one attached hydrogen (secondary N) is 1. The van der Waals surface area contributed by atoms with Crippen LogP contribution in [0.5, 0.6) is 11.5 Å². The Kier molecular flexibility index (Phi) is 6.86. The summed E-state index contributed by atoms with van der Waals surface area (Å²) in [6.07, 6.45) is 0.303. The van der Waals surface area contributed by atoms with Crippen LogP contribution >= 0.6 is 0 Å². The van der Waals surface area contributed by atoms with Gasteiger partial charge >= 0.3 is 6.61 Å². The Bertz CT molecular complexity index is 916. The summed E-state index contributed by atoms with van der Waals surface area (Å²) in [7, 11) is -2.46. The Hall–Kier alpha value is -2.52. The molecule has 1 N–H and O–H groups in total. The number of ether oxygens (including phenoxy) is 2. The van der Waals surface area contributed by atoms with E-state index in [-0.39, 0.29) is 28.7 Å². The number of rotatable bonds is 9. The van der Waals surface area contributed by atoms with E-state index in [4.69, 9.17) is 4.74 Å². The van der Waals surface area contributed by atoms with Crippen LogP contribution in [0.15, 0.2) is 47.4 Å². The molecule has 0 bridgehead atoms. The second-order valence-corrected chi connectivity index (χ2v) is 7.36. The quantitative estimate of drug-likeness (QED) is 0.656. The first-order valence-electron chi connectivity index (χ1n) is 7.95. The van der Waals surface area contributed by atoms with Crippen molar-refractivity contribution < 1.29 is 31.5 Å². The molecule has 2 rings (SSSR count). The SMILES string of the molecule is COc1cc(CCNS(=O)(=O)c2cccc(C(C)=O)c2)ccc1OC(F)F. The number of benzene rings is 2. The Balaban J connectivity index is 2.05. The number of sulfonamides is 1. The zero-order chi connectivity index (χ0) is 20.0. The van der Waals surface area contributed by atoms with Crippen LogP contribution in [-0.2, 0) is 16.4 Å². The van der Waals surface area contributed by atoms with Gasteiger partial charge in [0.05, 0.1) is 12.0 Å². The topological polar surface area (TPSA) is 81.7 Å². The Labute approximate surface area is 156 Å². The molecule has 0 atom stereocenters. The summed E-state index contributed by atoms with van der Waals surface area (Å²) in [6, 6.07) is 10.1. The standard InChI is InChI=1S/C18H19F2NO5S/c1-12(22)14-4-3-5-15(11-14)27(23,24)21-9-8-13-6-7-16(26-18(19)20)17(10-13)25-2/h3-7,10-11,18,21H,8-9H2,1-2H3. The Morgan fingerprint density at radius 2 is 1.89 bits per heavy atom. The molecule has 0 saturated carbocycles. The van der Waals surface area contributed by atoms with Crippen molar-refractivity contribution in [3.8, 4) is 11.5 Å². The van der Waals surface area contributed by atoms with Gasteiger partial charge in [0.15, 0.2) is 17.3 Å². The number of Topliss-reactive ketones (excluding diaryl/α,β-unsaturated/α-hetero) is 1. The molecule has 0 aliphatic carbocycles. The first-order chi connectivity index (χ1) is 12.7. The summed E-state index contributed by atoms with van der Waals surface area (Å²) in [4.78, 5) is 11.4. The number of alkyl halides is 2. The number of hydrogen-bond acceptors (Lipinski definition) is 5. The van der Waals surface area contributed by atoms with Crippen molar-refractivity contribution in [2.24, 2.45) is 0 Å². The van der Waals surface area contributed by atoms with Gasteiger partial charge in [0.25, 0.3) is 0 Å². The molecule has 6 nitrogen and oxygen atoms in total. The second-order valence-electron chi connectivity index (χ2n) is 5.60. The fraction of sp³-hybridized carbons (Fsp3) is 0.278. The van der Waals surface area contributed by atoms with E-state index in [1.807, 2.05) is 0 Å². The summed E-state index contributed by atoms with van der Waals surface area (Å²) in [6.45, 7) is -1.54. The third-order valence-corrected chi connectivity index (χ3v) is 5.16. The molecule has 0 radical (unpaired) electrons. The van der Waals surface area contributed by atoms with E-state index in [2.05, 4.69) is 9.46 Å². The van der Waals surface area contributed by atoms with E-state index in [1.54, 1.807) is 6.07 Å². The molecule has 0 aromatic heterocycles. The van der Waals surface area contributed by atoms with E-state index in [1.165, 1.54) is 50.4 Å². The molecule has 0 fully saturated rings. The first kappa shape index (κ1) is 20.8. The van der Waals surface area contributed by atoms with Gasteiger partial charge in [-0.2, -0.15) is 8.78 Å². The molecular weight excluding hydrogens is 380 g/mol. The van der Waals surface area contributed by atoms with Crippen LogP contribution in [0.25, 0.3) is 0 Å². The van der Waals surface area contributed by atoms with Crippen molar-refractivity contribution in [1.82, 2.24) is 4.72 Å². The van der Waals surface area contributed by atoms with Crippen molar-refractivity contribution in [3.05, 3.63) is 53.6 Å². The summed E-state index contributed by atoms with van der Waals surface area (Å²) in [5, 5.41) is 0. The van der Waals surface area contributed by atoms with Crippen LogP contribution in [0, 0.1) is 0 Å². The number of halogens is 2. The lowest BCUT2D eigenvalue weighted by Crippen LogP contribution is -2.26. The van der Waals surface area contributed by atoms with Gasteiger partial charge in [0.1, 0.15) is 0 Å². The lowest BCUT2D eigenvalue weighted by Gasteiger charge is -2.12. The summed E-state index contributed by atoms with van der Waals surface area (Å²) in [5.41, 5.74) is 0.978. The number of methoxy groups -OCH3 is 1. The van der Waals surface area contributed by atoms with E-state index in [0.29, 0.717) is 17.5 Å². The maximum atomic E-state index is 12.3. The molecule has 0 aliphatic rings. The Morgan fingerprint density at radius 3 is 2.52 bits per heavy atom. The van der Waals surface area contributed by atoms with Gasteiger partial charge in [-0.05, 0) is 43.2 Å². The number of hydrogen-bond donors (Lipinski definition) is 1. The molecule has 0 spiro atoms. The molecule has 0 aliphatic heterocycles. The smallest absolute Gasteiger partial charge is 0.387 e. The largest absolute Gasteiger partial charge is 0.493 e. The van der Waals surface area contributed by atoms with Crippen LogP contribution in [0.2, 0.25) is 0 Å². The molecule has 0 amide bonds. The Morgan fingerprint density at radius 1 is 1.15 bits per heavy atom.